The predicted octanol–water partition coefficient (Wildman–Crippen LogP) is 2.13. The SMILES string of the molecule is CCCCCNC(=O)C1CCCN(C(=O)C(C)(C)NC(=O)c2cccnc2)C1. The van der Waals surface area contributed by atoms with E-state index in [-0.39, 0.29) is 23.6 Å². The van der Waals surface area contributed by atoms with Crippen molar-refractivity contribution in [3.63, 3.8) is 0 Å². The highest BCUT2D eigenvalue weighted by Crippen LogP contribution is 2.20. The minimum absolute atomic E-state index is 0.0193. The number of piperidine rings is 1. The normalized spacial score (nSPS) is 17.1. The lowest BCUT2D eigenvalue weighted by atomic mass is 9.94. The molecule has 1 saturated heterocycles. The Labute approximate surface area is 167 Å². The Balaban J connectivity index is 1.92. The van der Waals surface area contributed by atoms with Crippen LogP contribution >= 0.6 is 0 Å². The molecule has 0 spiro atoms. The number of rotatable bonds is 8. The average Bonchev–Trinajstić information content (AvgIpc) is 2.71. The summed E-state index contributed by atoms with van der Waals surface area (Å²) >= 11 is 0. The van der Waals surface area contributed by atoms with Crippen molar-refractivity contribution >= 4 is 17.7 Å². The smallest absolute Gasteiger partial charge is 0.253 e. The summed E-state index contributed by atoms with van der Waals surface area (Å²) in [5, 5.41) is 5.78. The zero-order chi connectivity index (χ0) is 20.6. The van der Waals surface area contributed by atoms with E-state index in [0.29, 0.717) is 25.2 Å². The van der Waals surface area contributed by atoms with Crippen LogP contribution in [0.2, 0.25) is 0 Å². The molecule has 0 radical (unpaired) electrons. The second kappa shape index (κ2) is 10.2. The van der Waals surface area contributed by atoms with Crippen LogP contribution < -0.4 is 10.6 Å². The Morgan fingerprint density at radius 2 is 2.07 bits per heavy atom. The molecule has 1 aromatic rings. The summed E-state index contributed by atoms with van der Waals surface area (Å²) in [5.41, 5.74) is -0.654. The third-order valence-electron chi connectivity index (χ3n) is 5.04. The van der Waals surface area contributed by atoms with Gasteiger partial charge in [-0.3, -0.25) is 19.4 Å². The molecule has 2 N–H and O–H groups in total. The monoisotopic (exact) mass is 388 g/mol. The maximum Gasteiger partial charge on any atom is 0.253 e. The number of nitrogens with one attached hydrogen (secondary N) is 2. The van der Waals surface area contributed by atoms with Crippen LogP contribution in [0.15, 0.2) is 24.5 Å². The summed E-state index contributed by atoms with van der Waals surface area (Å²) < 4.78 is 0. The van der Waals surface area contributed by atoms with Crippen LogP contribution in [0.5, 0.6) is 0 Å². The Bertz CT molecular complexity index is 675. The fourth-order valence-corrected chi connectivity index (χ4v) is 3.41. The molecule has 1 unspecified atom stereocenters. The number of pyridine rings is 1. The van der Waals surface area contributed by atoms with Gasteiger partial charge in [0.2, 0.25) is 11.8 Å². The average molecular weight is 389 g/mol. The van der Waals surface area contributed by atoms with Gasteiger partial charge in [-0.2, -0.15) is 0 Å². The Morgan fingerprint density at radius 1 is 1.29 bits per heavy atom. The number of unbranched alkanes of at least 4 members (excludes halogenated alkanes) is 2. The van der Waals surface area contributed by atoms with Crippen molar-refractivity contribution in [2.45, 2.75) is 58.4 Å². The van der Waals surface area contributed by atoms with Crippen molar-refractivity contribution in [3.05, 3.63) is 30.1 Å². The number of carbonyl (C=O) groups excluding carboxylic acids is 3. The van der Waals surface area contributed by atoms with Gasteiger partial charge in [-0.25, -0.2) is 0 Å². The summed E-state index contributed by atoms with van der Waals surface area (Å²) in [7, 11) is 0. The summed E-state index contributed by atoms with van der Waals surface area (Å²) in [5.74, 6) is -0.683. The number of hydrogen-bond acceptors (Lipinski definition) is 4. The second-order valence-electron chi connectivity index (χ2n) is 7.91. The van der Waals surface area contributed by atoms with Gasteiger partial charge >= 0.3 is 0 Å². The molecule has 1 fully saturated rings. The maximum atomic E-state index is 13.0. The summed E-state index contributed by atoms with van der Waals surface area (Å²) in [4.78, 5) is 43.5. The first-order valence-corrected chi connectivity index (χ1v) is 10.1. The van der Waals surface area contributed by atoms with Gasteiger partial charge in [0, 0.05) is 32.0 Å². The molecule has 0 saturated carbocycles. The van der Waals surface area contributed by atoms with Gasteiger partial charge in [-0.1, -0.05) is 19.8 Å². The van der Waals surface area contributed by atoms with Gasteiger partial charge in [0.25, 0.3) is 5.91 Å². The van der Waals surface area contributed by atoms with E-state index >= 15 is 0 Å². The molecule has 0 aliphatic carbocycles. The van der Waals surface area contributed by atoms with E-state index in [4.69, 9.17) is 0 Å². The van der Waals surface area contributed by atoms with Gasteiger partial charge in [0.05, 0.1) is 11.5 Å². The van der Waals surface area contributed by atoms with Crippen molar-refractivity contribution in [1.29, 1.82) is 0 Å². The van der Waals surface area contributed by atoms with Crippen LogP contribution in [0.3, 0.4) is 0 Å². The summed E-state index contributed by atoms with van der Waals surface area (Å²) in [6.07, 6.45) is 7.81. The topological polar surface area (TPSA) is 91.4 Å². The third-order valence-corrected chi connectivity index (χ3v) is 5.04. The molecule has 2 rings (SSSR count). The van der Waals surface area contributed by atoms with Crippen molar-refractivity contribution in [2.75, 3.05) is 19.6 Å². The zero-order valence-corrected chi connectivity index (χ0v) is 17.2. The Kier molecular flexibility index (Phi) is 7.96. The molecule has 3 amide bonds. The molecule has 154 valence electrons. The minimum Gasteiger partial charge on any atom is -0.356 e. The Morgan fingerprint density at radius 3 is 2.75 bits per heavy atom. The van der Waals surface area contributed by atoms with E-state index in [9.17, 15) is 14.4 Å². The summed E-state index contributed by atoms with van der Waals surface area (Å²) in [6, 6.07) is 3.33. The van der Waals surface area contributed by atoms with Crippen LogP contribution in [-0.4, -0.2) is 52.8 Å². The molecular weight excluding hydrogens is 356 g/mol. The number of hydrogen-bond donors (Lipinski definition) is 2. The molecule has 0 aromatic carbocycles. The fraction of sp³-hybridized carbons (Fsp3) is 0.619. The molecule has 28 heavy (non-hydrogen) atoms. The van der Waals surface area contributed by atoms with Crippen LogP contribution in [0.1, 0.15) is 63.2 Å². The van der Waals surface area contributed by atoms with Crippen molar-refractivity contribution in [3.8, 4) is 0 Å². The standard InChI is InChI=1S/C21H32N4O3/c1-4-5-6-12-23-18(26)17-10-8-13-25(15-17)20(28)21(2,3)24-19(27)16-9-7-11-22-14-16/h7,9,11,14,17H,4-6,8,10,12-13,15H2,1-3H3,(H,23,26)(H,24,27). The highest BCUT2D eigenvalue weighted by atomic mass is 16.2. The van der Waals surface area contributed by atoms with Crippen molar-refractivity contribution < 1.29 is 14.4 Å². The lowest BCUT2D eigenvalue weighted by Crippen LogP contribution is -2.58. The van der Waals surface area contributed by atoms with Gasteiger partial charge in [-0.15, -0.1) is 0 Å². The fourth-order valence-electron chi connectivity index (χ4n) is 3.41. The van der Waals surface area contributed by atoms with E-state index in [0.717, 1.165) is 32.1 Å². The molecule has 7 heteroatoms. The number of aromatic nitrogens is 1. The molecule has 2 heterocycles. The maximum absolute atomic E-state index is 13.0. The van der Waals surface area contributed by atoms with E-state index < -0.39 is 5.54 Å². The van der Waals surface area contributed by atoms with Crippen molar-refractivity contribution in [1.82, 2.24) is 20.5 Å². The molecule has 1 aromatic heterocycles. The van der Waals surface area contributed by atoms with Crippen LogP contribution in [-0.2, 0) is 9.59 Å². The first-order valence-electron chi connectivity index (χ1n) is 10.1. The largest absolute Gasteiger partial charge is 0.356 e. The number of nitrogens with zero attached hydrogens (tertiary/aromatic N) is 2. The number of carbonyl (C=O) groups is 3. The zero-order valence-electron chi connectivity index (χ0n) is 17.2. The highest BCUT2D eigenvalue weighted by molar-refractivity contribution is 5.98. The number of likely N-dealkylation sites (tertiary alicyclic amines) is 1. The first-order chi connectivity index (χ1) is 13.3. The molecule has 7 nitrogen and oxygen atoms in total. The van der Waals surface area contributed by atoms with E-state index in [1.165, 1.54) is 6.20 Å². The van der Waals surface area contributed by atoms with Crippen LogP contribution in [0, 0.1) is 5.92 Å². The van der Waals surface area contributed by atoms with E-state index in [2.05, 4.69) is 22.5 Å². The van der Waals surface area contributed by atoms with Crippen LogP contribution in [0.25, 0.3) is 0 Å². The third kappa shape index (κ3) is 6.04. The first kappa shape index (κ1) is 21.9. The van der Waals surface area contributed by atoms with E-state index in [1.54, 1.807) is 37.1 Å². The quantitative estimate of drug-likeness (QED) is 0.668. The molecular formula is C21H32N4O3. The highest BCUT2D eigenvalue weighted by Gasteiger charge is 2.37. The number of amides is 3. The van der Waals surface area contributed by atoms with E-state index in [1.807, 2.05) is 0 Å². The summed E-state index contributed by atoms with van der Waals surface area (Å²) in [6.45, 7) is 7.19. The van der Waals surface area contributed by atoms with Gasteiger partial charge in [0.15, 0.2) is 0 Å². The van der Waals surface area contributed by atoms with Gasteiger partial charge in [0.1, 0.15) is 5.54 Å². The predicted molar refractivity (Wildman–Crippen MR) is 108 cm³/mol. The molecule has 1 atom stereocenters. The lowest BCUT2D eigenvalue weighted by Gasteiger charge is -2.37. The van der Waals surface area contributed by atoms with Crippen molar-refractivity contribution in [2.24, 2.45) is 5.92 Å². The molecule has 1 aliphatic heterocycles. The molecule has 0 bridgehead atoms. The van der Waals surface area contributed by atoms with Crippen LogP contribution in [0.4, 0.5) is 0 Å². The Hall–Kier alpha value is -2.44. The lowest BCUT2D eigenvalue weighted by molar-refractivity contribution is -0.140. The second-order valence-corrected chi connectivity index (χ2v) is 7.91. The minimum atomic E-state index is -1.06. The van der Waals surface area contributed by atoms with Gasteiger partial charge < -0.3 is 15.5 Å². The van der Waals surface area contributed by atoms with Gasteiger partial charge in [-0.05, 0) is 45.2 Å². The molecule has 1 aliphatic rings.